The van der Waals surface area contributed by atoms with Crippen LogP contribution in [0.5, 0.6) is 0 Å². The van der Waals surface area contributed by atoms with E-state index in [1.165, 1.54) is 18.9 Å². The van der Waals surface area contributed by atoms with Crippen LogP contribution >= 0.6 is 11.3 Å². The van der Waals surface area contributed by atoms with Crippen LogP contribution in [0, 0.1) is 18.3 Å². The number of piperidine rings is 2. The van der Waals surface area contributed by atoms with Crippen molar-refractivity contribution in [2.45, 2.75) is 82.6 Å². The van der Waals surface area contributed by atoms with E-state index in [0.29, 0.717) is 54.2 Å². The molecule has 0 saturated carbocycles. The molecule has 4 aromatic rings. The molecule has 10 nitrogen and oxygen atoms in total. The molecule has 0 aliphatic carbocycles. The first-order chi connectivity index (χ1) is 22.8. The maximum Gasteiger partial charge on any atom is 0.393 e. The van der Waals surface area contributed by atoms with Gasteiger partial charge >= 0.3 is 6.18 Å². The van der Waals surface area contributed by atoms with Gasteiger partial charge in [-0.1, -0.05) is 6.07 Å². The molecule has 48 heavy (non-hydrogen) atoms. The highest BCUT2D eigenvalue weighted by molar-refractivity contribution is 7.90. The summed E-state index contributed by atoms with van der Waals surface area (Å²) in [5.41, 5.74) is 4.01. The Labute approximate surface area is 283 Å². The Bertz CT molecular complexity index is 1920. The predicted molar refractivity (Wildman–Crippen MR) is 183 cm³/mol. The normalized spacial score (nSPS) is 18.4. The molecule has 3 aromatic heterocycles. The fourth-order valence-electron chi connectivity index (χ4n) is 7.13. The molecule has 2 saturated heterocycles. The van der Waals surface area contributed by atoms with Crippen molar-refractivity contribution in [1.82, 2.24) is 29.1 Å². The Morgan fingerprint density at radius 1 is 1.08 bits per heavy atom. The van der Waals surface area contributed by atoms with Gasteiger partial charge in [0.25, 0.3) is 0 Å². The van der Waals surface area contributed by atoms with Crippen LogP contribution in [0.25, 0.3) is 21.1 Å². The van der Waals surface area contributed by atoms with Gasteiger partial charge in [-0.05, 0) is 89.0 Å². The van der Waals surface area contributed by atoms with Gasteiger partial charge in [0, 0.05) is 54.0 Å². The van der Waals surface area contributed by atoms with E-state index >= 15 is 0 Å². The van der Waals surface area contributed by atoms with Crippen LogP contribution in [0.1, 0.15) is 54.3 Å². The van der Waals surface area contributed by atoms with Crippen LogP contribution in [0.15, 0.2) is 30.6 Å². The zero-order valence-corrected chi connectivity index (χ0v) is 29.0. The van der Waals surface area contributed by atoms with Crippen molar-refractivity contribution in [2.24, 2.45) is 0 Å². The van der Waals surface area contributed by atoms with Gasteiger partial charge in [-0.3, -0.25) is 9.80 Å². The molecule has 0 amide bonds. The molecule has 2 aliphatic heterocycles. The molecule has 1 aromatic carbocycles. The highest BCUT2D eigenvalue weighted by Gasteiger charge is 2.32. The second-order valence-corrected chi connectivity index (χ2v) is 16.3. The molecule has 0 radical (unpaired) electrons. The topological polar surface area (TPSA) is 119 Å². The van der Waals surface area contributed by atoms with Crippen molar-refractivity contribution < 1.29 is 21.6 Å². The minimum absolute atomic E-state index is 0.140. The molecule has 5 heterocycles. The number of hydrogen-bond acceptors (Lipinski definition) is 9. The maximum atomic E-state index is 12.9. The Balaban J connectivity index is 1.08. The highest BCUT2D eigenvalue weighted by atomic mass is 32.2. The summed E-state index contributed by atoms with van der Waals surface area (Å²) in [7, 11) is -1.80. The van der Waals surface area contributed by atoms with Gasteiger partial charge in [0.05, 0.1) is 17.1 Å². The van der Waals surface area contributed by atoms with Crippen molar-refractivity contribution in [3.05, 3.63) is 52.3 Å². The lowest BCUT2D eigenvalue weighted by Crippen LogP contribution is -2.46. The van der Waals surface area contributed by atoms with E-state index in [1.54, 1.807) is 6.07 Å². The number of likely N-dealkylation sites (tertiary alicyclic amines) is 2. The Hall–Kier alpha value is -3.29. The van der Waals surface area contributed by atoms with Crippen LogP contribution < -0.4 is 10.0 Å². The SMILES string of the molecule is CNS(=O)(=O)C1CCN(C(C)Cn2c(C#N)cc3c(C)c(CN4CCC(Nc5ncnc6sc(CC(F)(F)F)cc56)CC4)ccc32)CC1. The first-order valence-electron chi connectivity index (χ1n) is 16.3. The van der Waals surface area contributed by atoms with Gasteiger partial charge in [0.1, 0.15) is 28.7 Å². The average Bonchev–Trinajstić information content (AvgIpc) is 3.63. The van der Waals surface area contributed by atoms with Gasteiger partial charge in [-0.25, -0.2) is 23.1 Å². The summed E-state index contributed by atoms with van der Waals surface area (Å²) in [6.45, 7) is 8.79. The number of sulfonamides is 1. The number of nitrogens with one attached hydrogen (secondary N) is 2. The third-order valence-corrected chi connectivity index (χ3v) is 12.9. The first kappa shape index (κ1) is 34.6. The summed E-state index contributed by atoms with van der Waals surface area (Å²) in [5, 5.41) is 14.8. The fraction of sp³-hybridized carbons (Fsp3) is 0.545. The first-order valence-corrected chi connectivity index (χ1v) is 18.7. The minimum atomic E-state index is -4.27. The summed E-state index contributed by atoms with van der Waals surface area (Å²) < 4.78 is 67.9. The molecule has 6 rings (SSSR count). The van der Waals surface area contributed by atoms with Gasteiger partial charge in [-0.2, -0.15) is 18.4 Å². The smallest absolute Gasteiger partial charge is 0.367 e. The maximum absolute atomic E-state index is 12.9. The Morgan fingerprint density at radius 2 is 1.81 bits per heavy atom. The van der Waals surface area contributed by atoms with E-state index in [1.807, 2.05) is 6.07 Å². The molecule has 1 unspecified atom stereocenters. The van der Waals surface area contributed by atoms with Gasteiger partial charge in [0.15, 0.2) is 0 Å². The number of benzene rings is 1. The number of thiophene rings is 1. The van der Waals surface area contributed by atoms with Gasteiger partial charge in [-0.15, -0.1) is 11.3 Å². The third-order valence-electron chi connectivity index (χ3n) is 9.93. The van der Waals surface area contributed by atoms with E-state index in [0.717, 1.165) is 60.3 Å². The molecule has 1 atom stereocenters. The monoisotopic (exact) mass is 702 g/mol. The van der Waals surface area contributed by atoms with Crippen molar-refractivity contribution in [3.63, 3.8) is 0 Å². The summed E-state index contributed by atoms with van der Waals surface area (Å²) >= 11 is 1.06. The molecule has 2 aliphatic rings. The van der Waals surface area contributed by atoms with Crippen LogP contribution in [-0.2, 0) is 29.5 Å². The number of alkyl halides is 3. The standard InChI is InChI=1S/C33H41F3N8O2S2/c1-21(43-12-8-27(9-13-43)48(45,46)38-3)18-44-25(17-37)14-28-22(2)23(4-5-30(28)44)19-42-10-6-24(7-11-42)41-31-29-15-26(16-33(34,35)36)47-32(29)40-20-39-31/h4-5,14-15,20-21,24,27,38H,6-13,16,18-19H2,1-3H3,(H,39,40,41). The van der Waals surface area contributed by atoms with Crippen molar-refractivity contribution in [1.29, 1.82) is 5.26 Å². The van der Waals surface area contributed by atoms with E-state index in [4.69, 9.17) is 0 Å². The quantitative estimate of drug-likeness (QED) is 0.225. The molecule has 0 spiro atoms. The van der Waals surface area contributed by atoms with Crippen LogP contribution in [0.3, 0.4) is 0 Å². The number of aryl methyl sites for hydroxylation is 1. The molecule has 2 N–H and O–H groups in total. The minimum Gasteiger partial charge on any atom is -0.367 e. The zero-order valence-electron chi connectivity index (χ0n) is 27.3. The van der Waals surface area contributed by atoms with Gasteiger partial charge in [0.2, 0.25) is 10.0 Å². The lowest BCUT2D eigenvalue weighted by Gasteiger charge is -2.36. The van der Waals surface area contributed by atoms with Crippen molar-refractivity contribution in [2.75, 3.05) is 38.5 Å². The number of hydrogen-bond donors (Lipinski definition) is 2. The third kappa shape index (κ3) is 7.47. The van der Waals surface area contributed by atoms with Crippen LogP contribution in [-0.4, -0.2) is 89.5 Å². The summed E-state index contributed by atoms with van der Waals surface area (Å²) in [5.74, 6) is 0.586. The molecular formula is C33H41F3N8O2S2. The van der Waals surface area contributed by atoms with E-state index in [9.17, 15) is 26.9 Å². The molecule has 0 bridgehead atoms. The molecular weight excluding hydrogens is 662 g/mol. The number of halogens is 3. The number of rotatable bonds is 10. The number of aromatic nitrogens is 3. The number of anilines is 1. The van der Waals surface area contributed by atoms with Gasteiger partial charge < -0.3 is 9.88 Å². The number of nitrogens with zero attached hydrogens (tertiary/aromatic N) is 6. The molecule has 258 valence electrons. The lowest BCUT2D eigenvalue weighted by atomic mass is 10.0. The lowest BCUT2D eigenvalue weighted by molar-refractivity contribution is -0.126. The van der Waals surface area contributed by atoms with Crippen LogP contribution in [0.2, 0.25) is 0 Å². The Morgan fingerprint density at radius 3 is 2.48 bits per heavy atom. The van der Waals surface area contributed by atoms with E-state index in [2.05, 4.69) is 66.4 Å². The van der Waals surface area contributed by atoms with E-state index < -0.39 is 22.6 Å². The Kier molecular flexibility index (Phi) is 10.0. The van der Waals surface area contributed by atoms with Crippen LogP contribution in [0.4, 0.5) is 19.0 Å². The van der Waals surface area contributed by atoms with Crippen molar-refractivity contribution in [3.8, 4) is 6.07 Å². The summed E-state index contributed by atoms with van der Waals surface area (Å²) in [6, 6.07) is 10.5. The highest BCUT2D eigenvalue weighted by Crippen LogP contribution is 2.34. The molecule has 15 heteroatoms. The number of fused-ring (bicyclic) bond motifs is 2. The average molecular weight is 703 g/mol. The summed E-state index contributed by atoms with van der Waals surface area (Å²) in [6.07, 6.45) is -0.906. The second-order valence-electron chi connectivity index (χ2n) is 13.0. The van der Waals surface area contributed by atoms with E-state index in [-0.39, 0.29) is 22.2 Å². The second kappa shape index (κ2) is 13.9. The largest absolute Gasteiger partial charge is 0.393 e. The van der Waals surface area contributed by atoms with Crippen molar-refractivity contribution >= 4 is 48.3 Å². The number of nitriles is 1. The molecule has 2 fully saturated rings. The zero-order chi connectivity index (χ0) is 34.2. The fourth-order valence-corrected chi connectivity index (χ4v) is 9.32. The predicted octanol–water partition coefficient (Wildman–Crippen LogP) is 5.41. The summed E-state index contributed by atoms with van der Waals surface area (Å²) in [4.78, 5) is 14.0.